The normalized spacial score (nSPS) is 17.3. The summed E-state index contributed by atoms with van der Waals surface area (Å²) in [4.78, 5) is 2.25. The van der Waals surface area contributed by atoms with E-state index in [1.807, 2.05) is 0 Å². The van der Waals surface area contributed by atoms with Crippen molar-refractivity contribution < 1.29 is 0 Å². The molecule has 1 heterocycles. The van der Waals surface area contributed by atoms with Crippen LogP contribution in [0.2, 0.25) is 0 Å². The molecule has 0 aromatic carbocycles. The second kappa shape index (κ2) is 5.87. The monoisotopic (exact) mass is 268 g/mol. The molecule has 0 atom stereocenters. The third-order valence-corrected chi connectivity index (χ3v) is 4.09. The van der Waals surface area contributed by atoms with E-state index in [1.54, 1.807) is 0 Å². The summed E-state index contributed by atoms with van der Waals surface area (Å²) < 4.78 is 2.81. The molecular weight excluding hydrogens is 244 g/mol. The Morgan fingerprint density at radius 3 is 2.67 bits per heavy atom. The van der Waals surface area contributed by atoms with E-state index in [4.69, 9.17) is 12.2 Å². The fourth-order valence-electron chi connectivity index (χ4n) is 2.87. The van der Waals surface area contributed by atoms with E-state index < -0.39 is 0 Å². The van der Waals surface area contributed by atoms with Gasteiger partial charge in [-0.05, 0) is 44.8 Å². The van der Waals surface area contributed by atoms with Crippen LogP contribution in [-0.4, -0.2) is 28.4 Å². The molecule has 1 aromatic rings. The Morgan fingerprint density at radius 1 is 1.39 bits per heavy atom. The van der Waals surface area contributed by atoms with Gasteiger partial charge in [0.05, 0.1) is 0 Å². The number of hydrogen-bond acceptors (Lipinski definition) is 3. The van der Waals surface area contributed by atoms with Crippen molar-refractivity contribution in [3.8, 4) is 0 Å². The molecule has 5 heteroatoms. The molecule has 0 aliphatic heterocycles. The van der Waals surface area contributed by atoms with Crippen molar-refractivity contribution in [3.63, 3.8) is 0 Å². The van der Waals surface area contributed by atoms with Crippen LogP contribution in [0, 0.1) is 10.7 Å². The Labute approximate surface area is 114 Å². The molecule has 2 rings (SSSR count). The zero-order valence-electron chi connectivity index (χ0n) is 11.6. The Kier molecular flexibility index (Phi) is 4.43. The van der Waals surface area contributed by atoms with Gasteiger partial charge in [-0.15, -0.1) is 5.10 Å². The van der Waals surface area contributed by atoms with Crippen LogP contribution >= 0.6 is 12.2 Å². The van der Waals surface area contributed by atoms with E-state index in [0.717, 1.165) is 23.2 Å². The van der Waals surface area contributed by atoms with Gasteiger partial charge in [-0.25, -0.2) is 5.10 Å². The maximum atomic E-state index is 5.29. The molecule has 4 nitrogen and oxygen atoms in total. The molecule has 18 heavy (non-hydrogen) atoms. The molecule has 1 aromatic heterocycles. The van der Waals surface area contributed by atoms with E-state index in [-0.39, 0.29) is 0 Å². The van der Waals surface area contributed by atoms with Crippen LogP contribution in [0.5, 0.6) is 0 Å². The van der Waals surface area contributed by atoms with Crippen LogP contribution < -0.4 is 4.90 Å². The molecule has 0 unspecified atom stereocenters. The van der Waals surface area contributed by atoms with Crippen molar-refractivity contribution in [2.45, 2.75) is 52.0 Å². The molecule has 1 aliphatic carbocycles. The highest BCUT2D eigenvalue weighted by atomic mass is 32.1. The average molecular weight is 268 g/mol. The van der Waals surface area contributed by atoms with E-state index in [9.17, 15) is 0 Å². The molecule has 102 valence electrons. The third kappa shape index (κ3) is 2.94. The van der Waals surface area contributed by atoms with E-state index in [2.05, 4.69) is 40.6 Å². The van der Waals surface area contributed by atoms with Gasteiger partial charge in [0.15, 0.2) is 4.77 Å². The standard InChI is InChI=1S/C13H24N4S/c1-10(2)17-12(14-15-13(17)18)16(3)9-11-7-5-4-6-8-11/h10-11H,4-9H2,1-3H3,(H,15,18). The second-order valence-corrected chi connectivity index (χ2v) is 6.06. The average Bonchev–Trinajstić information content (AvgIpc) is 2.72. The van der Waals surface area contributed by atoms with Crippen LogP contribution in [0.25, 0.3) is 0 Å². The first-order valence-corrected chi connectivity index (χ1v) is 7.38. The van der Waals surface area contributed by atoms with E-state index in [1.165, 1.54) is 32.1 Å². The van der Waals surface area contributed by atoms with Gasteiger partial charge in [0.2, 0.25) is 5.95 Å². The first-order chi connectivity index (χ1) is 8.59. The molecule has 0 amide bonds. The van der Waals surface area contributed by atoms with Crippen LogP contribution in [0.15, 0.2) is 0 Å². The molecule has 1 aliphatic rings. The van der Waals surface area contributed by atoms with E-state index in [0.29, 0.717) is 6.04 Å². The number of aromatic nitrogens is 3. The summed E-state index contributed by atoms with van der Waals surface area (Å²) in [6, 6.07) is 0.347. The summed E-state index contributed by atoms with van der Waals surface area (Å²) in [7, 11) is 2.12. The minimum Gasteiger partial charge on any atom is -0.344 e. The van der Waals surface area contributed by atoms with Gasteiger partial charge in [-0.1, -0.05) is 19.3 Å². The number of H-pyrrole nitrogens is 1. The van der Waals surface area contributed by atoms with Crippen molar-refractivity contribution in [1.82, 2.24) is 14.8 Å². The van der Waals surface area contributed by atoms with Gasteiger partial charge in [-0.3, -0.25) is 4.57 Å². The summed E-state index contributed by atoms with van der Waals surface area (Å²) in [5, 5.41) is 7.28. The van der Waals surface area contributed by atoms with Gasteiger partial charge in [0, 0.05) is 19.6 Å². The first-order valence-electron chi connectivity index (χ1n) is 6.97. The molecule has 0 radical (unpaired) electrons. The summed E-state index contributed by atoms with van der Waals surface area (Å²) >= 11 is 5.29. The number of rotatable bonds is 4. The zero-order valence-corrected chi connectivity index (χ0v) is 12.5. The number of aromatic amines is 1. The van der Waals surface area contributed by atoms with Gasteiger partial charge in [-0.2, -0.15) is 0 Å². The summed E-state index contributed by atoms with van der Waals surface area (Å²) in [6.07, 6.45) is 6.89. The number of anilines is 1. The Balaban J connectivity index is 2.08. The first kappa shape index (κ1) is 13.6. The SMILES string of the molecule is CC(C)n1c(N(C)CC2CCCCC2)n[nH]c1=S. The maximum absolute atomic E-state index is 5.29. The predicted octanol–water partition coefficient (Wildman–Crippen LogP) is 3.54. The smallest absolute Gasteiger partial charge is 0.225 e. The largest absolute Gasteiger partial charge is 0.344 e. The highest BCUT2D eigenvalue weighted by molar-refractivity contribution is 7.71. The summed E-state index contributed by atoms with van der Waals surface area (Å²) in [5.41, 5.74) is 0. The zero-order chi connectivity index (χ0) is 13.1. The molecular formula is C13H24N4S. The highest BCUT2D eigenvalue weighted by Crippen LogP contribution is 2.26. The van der Waals surface area contributed by atoms with Gasteiger partial charge in [0.25, 0.3) is 0 Å². The van der Waals surface area contributed by atoms with Crippen molar-refractivity contribution in [2.75, 3.05) is 18.5 Å². The Morgan fingerprint density at radius 2 is 2.06 bits per heavy atom. The van der Waals surface area contributed by atoms with Crippen LogP contribution in [0.4, 0.5) is 5.95 Å². The van der Waals surface area contributed by atoms with Crippen LogP contribution in [0.1, 0.15) is 52.0 Å². The highest BCUT2D eigenvalue weighted by Gasteiger charge is 2.19. The summed E-state index contributed by atoms with van der Waals surface area (Å²) in [5.74, 6) is 1.79. The third-order valence-electron chi connectivity index (χ3n) is 3.80. The topological polar surface area (TPSA) is 36.9 Å². The van der Waals surface area contributed by atoms with Gasteiger partial charge in [0.1, 0.15) is 0 Å². The number of nitrogens with zero attached hydrogens (tertiary/aromatic N) is 3. The fourth-order valence-corrected chi connectivity index (χ4v) is 3.21. The quantitative estimate of drug-likeness (QED) is 0.849. The number of hydrogen-bond donors (Lipinski definition) is 1. The van der Waals surface area contributed by atoms with Crippen LogP contribution in [0.3, 0.4) is 0 Å². The van der Waals surface area contributed by atoms with Crippen molar-refractivity contribution in [1.29, 1.82) is 0 Å². The minimum atomic E-state index is 0.347. The molecule has 0 spiro atoms. The van der Waals surface area contributed by atoms with Crippen molar-refractivity contribution >= 4 is 18.2 Å². The van der Waals surface area contributed by atoms with Crippen molar-refractivity contribution in [3.05, 3.63) is 4.77 Å². The number of nitrogens with one attached hydrogen (secondary N) is 1. The molecule has 1 fully saturated rings. The maximum Gasteiger partial charge on any atom is 0.225 e. The predicted molar refractivity (Wildman–Crippen MR) is 77.6 cm³/mol. The Hall–Kier alpha value is -0.840. The van der Waals surface area contributed by atoms with Crippen LogP contribution in [-0.2, 0) is 0 Å². The molecule has 1 saturated carbocycles. The lowest BCUT2D eigenvalue weighted by molar-refractivity contribution is 0.359. The lowest BCUT2D eigenvalue weighted by Crippen LogP contribution is -2.29. The Bertz CT molecular complexity index is 428. The lowest BCUT2D eigenvalue weighted by atomic mass is 9.89. The fraction of sp³-hybridized carbons (Fsp3) is 0.846. The van der Waals surface area contributed by atoms with Crippen molar-refractivity contribution in [2.24, 2.45) is 5.92 Å². The summed E-state index contributed by atoms with van der Waals surface area (Å²) in [6.45, 7) is 5.37. The molecule has 1 N–H and O–H groups in total. The lowest BCUT2D eigenvalue weighted by Gasteiger charge is -2.28. The van der Waals surface area contributed by atoms with Gasteiger partial charge < -0.3 is 4.90 Å². The molecule has 0 bridgehead atoms. The second-order valence-electron chi connectivity index (χ2n) is 5.68. The minimum absolute atomic E-state index is 0.347. The van der Waals surface area contributed by atoms with Gasteiger partial charge >= 0.3 is 0 Å². The van der Waals surface area contributed by atoms with E-state index >= 15 is 0 Å². The molecule has 0 saturated heterocycles.